The molecule has 3 nitrogen and oxygen atoms in total. The summed E-state index contributed by atoms with van der Waals surface area (Å²) in [7, 11) is 1.98. The van der Waals surface area contributed by atoms with Gasteiger partial charge in [-0.1, -0.05) is 6.07 Å². The summed E-state index contributed by atoms with van der Waals surface area (Å²) < 4.78 is 0. The minimum Gasteiger partial charge on any atom is -0.395 e. The molecule has 0 saturated heterocycles. The molecule has 0 aliphatic carbocycles. The van der Waals surface area contributed by atoms with Crippen LogP contribution in [-0.2, 0) is 6.54 Å². The Balaban J connectivity index is 2.49. The first-order valence-corrected chi connectivity index (χ1v) is 4.43. The number of aryl methyl sites for hydroxylation is 1. The molecule has 0 amide bonds. The Hall–Kier alpha value is -0.930. The van der Waals surface area contributed by atoms with Crippen LogP contribution in [0.2, 0.25) is 0 Å². The van der Waals surface area contributed by atoms with E-state index >= 15 is 0 Å². The summed E-state index contributed by atoms with van der Waals surface area (Å²) in [4.78, 5) is 6.26. The topological polar surface area (TPSA) is 36.4 Å². The van der Waals surface area contributed by atoms with E-state index in [4.69, 9.17) is 5.11 Å². The zero-order valence-corrected chi connectivity index (χ0v) is 8.20. The number of likely N-dealkylation sites (N-methyl/N-ethyl adjacent to an activating group) is 1. The van der Waals surface area contributed by atoms with Crippen LogP contribution >= 0.6 is 0 Å². The summed E-state index contributed by atoms with van der Waals surface area (Å²) >= 11 is 0. The van der Waals surface area contributed by atoms with Gasteiger partial charge in [0, 0.05) is 25.0 Å². The molecule has 13 heavy (non-hydrogen) atoms. The van der Waals surface area contributed by atoms with Gasteiger partial charge in [-0.05, 0) is 25.6 Å². The standard InChI is InChI=1S/C10H16N2O/c1-9-3-4-10(7-11-9)8-12(2)5-6-13/h3-4,7,13H,5-6,8H2,1-2H3. The molecule has 0 aliphatic rings. The van der Waals surface area contributed by atoms with Gasteiger partial charge in [0.15, 0.2) is 0 Å². The van der Waals surface area contributed by atoms with Crippen molar-refractivity contribution in [2.75, 3.05) is 20.2 Å². The van der Waals surface area contributed by atoms with Crippen LogP contribution in [0.15, 0.2) is 18.3 Å². The van der Waals surface area contributed by atoms with Crippen molar-refractivity contribution in [1.82, 2.24) is 9.88 Å². The molecule has 3 heteroatoms. The van der Waals surface area contributed by atoms with E-state index in [9.17, 15) is 0 Å². The van der Waals surface area contributed by atoms with Gasteiger partial charge in [-0.3, -0.25) is 9.88 Å². The fraction of sp³-hybridized carbons (Fsp3) is 0.500. The number of aromatic nitrogens is 1. The summed E-state index contributed by atoms with van der Waals surface area (Å²) in [5.74, 6) is 0. The predicted octanol–water partition coefficient (Wildman–Crippen LogP) is 0.814. The van der Waals surface area contributed by atoms with Crippen LogP contribution in [0.25, 0.3) is 0 Å². The molecule has 0 bridgehead atoms. The van der Waals surface area contributed by atoms with Crippen molar-refractivity contribution in [2.24, 2.45) is 0 Å². The first kappa shape index (κ1) is 10.2. The van der Waals surface area contributed by atoms with Crippen LogP contribution in [0.3, 0.4) is 0 Å². The lowest BCUT2D eigenvalue weighted by Crippen LogP contribution is -2.21. The Morgan fingerprint density at radius 2 is 2.23 bits per heavy atom. The number of pyridine rings is 1. The van der Waals surface area contributed by atoms with Gasteiger partial charge in [-0.15, -0.1) is 0 Å². The maximum Gasteiger partial charge on any atom is 0.0558 e. The molecule has 72 valence electrons. The monoisotopic (exact) mass is 180 g/mol. The van der Waals surface area contributed by atoms with E-state index in [0.29, 0.717) is 6.54 Å². The second kappa shape index (κ2) is 4.94. The molecule has 0 atom stereocenters. The Kier molecular flexibility index (Phi) is 3.86. The van der Waals surface area contributed by atoms with Crippen molar-refractivity contribution >= 4 is 0 Å². The molecular formula is C10H16N2O. The van der Waals surface area contributed by atoms with Crippen LogP contribution in [0.1, 0.15) is 11.3 Å². The van der Waals surface area contributed by atoms with E-state index in [1.165, 1.54) is 5.56 Å². The van der Waals surface area contributed by atoms with E-state index in [1.54, 1.807) is 0 Å². The second-order valence-corrected chi connectivity index (χ2v) is 3.27. The normalized spacial score (nSPS) is 10.8. The van der Waals surface area contributed by atoms with Crippen LogP contribution in [-0.4, -0.2) is 35.2 Å². The molecule has 1 aromatic heterocycles. The van der Waals surface area contributed by atoms with Gasteiger partial charge in [-0.25, -0.2) is 0 Å². The lowest BCUT2D eigenvalue weighted by Gasteiger charge is -2.14. The maximum atomic E-state index is 8.70. The molecule has 0 aromatic carbocycles. The van der Waals surface area contributed by atoms with Crippen molar-refractivity contribution in [1.29, 1.82) is 0 Å². The third kappa shape index (κ3) is 3.53. The maximum absolute atomic E-state index is 8.70. The molecule has 1 N–H and O–H groups in total. The van der Waals surface area contributed by atoms with Gasteiger partial charge >= 0.3 is 0 Å². The molecular weight excluding hydrogens is 164 g/mol. The number of aliphatic hydroxyl groups excluding tert-OH is 1. The van der Waals surface area contributed by atoms with E-state index in [1.807, 2.05) is 26.2 Å². The molecule has 0 spiro atoms. The Labute approximate surface area is 79.0 Å². The summed E-state index contributed by atoms with van der Waals surface area (Å²) in [6.07, 6.45) is 1.88. The van der Waals surface area contributed by atoms with E-state index < -0.39 is 0 Å². The first-order valence-electron chi connectivity index (χ1n) is 4.43. The van der Waals surface area contributed by atoms with Crippen molar-refractivity contribution < 1.29 is 5.11 Å². The van der Waals surface area contributed by atoms with Gasteiger partial charge < -0.3 is 5.11 Å². The summed E-state index contributed by atoms with van der Waals surface area (Å²) in [5.41, 5.74) is 2.22. The SMILES string of the molecule is Cc1ccc(CN(C)CCO)cn1. The van der Waals surface area contributed by atoms with Crippen molar-refractivity contribution in [3.8, 4) is 0 Å². The fourth-order valence-corrected chi connectivity index (χ4v) is 1.15. The van der Waals surface area contributed by atoms with Gasteiger partial charge in [0.1, 0.15) is 0 Å². The van der Waals surface area contributed by atoms with E-state index in [2.05, 4.69) is 16.0 Å². The minimum absolute atomic E-state index is 0.204. The Morgan fingerprint density at radius 1 is 1.46 bits per heavy atom. The number of hydrogen-bond acceptors (Lipinski definition) is 3. The number of hydrogen-bond donors (Lipinski definition) is 1. The summed E-state index contributed by atoms with van der Waals surface area (Å²) in [5, 5.41) is 8.70. The van der Waals surface area contributed by atoms with E-state index in [0.717, 1.165) is 12.2 Å². The highest BCUT2D eigenvalue weighted by Crippen LogP contribution is 2.02. The summed E-state index contributed by atoms with van der Waals surface area (Å²) in [6.45, 7) is 3.72. The third-order valence-electron chi connectivity index (χ3n) is 1.91. The summed E-state index contributed by atoms with van der Waals surface area (Å²) in [6, 6.07) is 4.07. The highest BCUT2D eigenvalue weighted by Gasteiger charge is 1.98. The van der Waals surface area contributed by atoms with E-state index in [-0.39, 0.29) is 6.61 Å². The quantitative estimate of drug-likeness (QED) is 0.745. The number of rotatable bonds is 4. The molecule has 0 saturated carbocycles. The highest BCUT2D eigenvalue weighted by molar-refractivity contribution is 5.12. The zero-order valence-electron chi connectivity index (χ0n) is 8.20. The Morgan fingerprint density at radius 3 is 2.77 bits per heavy atom. The molecule has 0 fully saturated rings. The molecule has 0 radical (unpaired) electrons. The molecule has 0 unspecified atom stereocenters. The van der Waals surface area contributed by atoms with Gasteiger partial charge in [0.05, 0.1) is 6.61 Å². The van der Waals surface area contributed by atoms with Gasteiger partial charge in [0.2, 0.25) is 0 Å². The lowest BCUT2D eigenvalue weighted by molar-refractivity contribution is 0.217. The number of aliphatic hydroxyl groups is 1. The average Bonchev–Trinajstić information content (AvgIpc) is 2.09. The van der Waals surface area contributed by atoms with Crippen LogP contribution in [0.4, 0.5) is 0 Å². The second-order valence-electron chi connectivity index (χ2n) is 3.27. The van der Waals surface area contributed by atoms with Crippen LogP contribution in [0.5, 0.6) is 0 Å². The average molecular weight is 180 g/mol. The number of nitrogens with zero attached hydrogens (tertiary/aromatic N) is 2. The highest BCUT2D eigenvalue weighted by atomic mass is 16.3. The molecule has 1 rings (SSSR count). The Bertz CT molecular complexity index is 246. The van der Waals surface area contributed by atoms with Gasteiger partial charge in [-0.2, -0.15) is 0 Å². The lowest BCUT2D eigenvalue weighted by atomic mass is 10.2. The predicted molar refractivity (Wildman–Crippen MR) is 52.4 cm³/mol. The molecule has 1 aromatic rings. The third-order valence-corrected chi connectivity index (χ3v) is 1.91. The first-order chi connectivity index (χ1) is 6.22. The largest absolute Gasteiger partial charge is 0.395 e. The molecule has 1 heterocycles. The zero-order chi connectivity index (χ0) is 9.68. The van der Waals surface area contributed by atoms with Gasteiger partial charge in [0.25, 0.3) is 0 Å². The fourth-order valence-electron chi connectivity index (χ4n) is 1.15. The van der Waals surface area contributed by atoms with Crippen LogP contribution in [0, 0.1) is 6.92 Å². The van der Waals surface area contributed by atoms with Crippen molar-refractivity contribution in [2.45, 2.75) is 13.5 Å². The minimum atomic E-state index is 0.204. The van der Waals surface area contributed by atoms with Crippen LogP contribution < -0.4 is 0 Å². The molecule has 0 aliphatic heterocycles. The smallest absolute Gasteiger partial charge is 0.0558 e. The van der Waals surface area contributed by atoms with Crippen molar-refractivity contribution in [3.05, 3.63) is 29.6 Å². The van der Waals surface area contributed by atoms with Crippen molar-refractivity contribution in [3.63, 3.8) is 0 Å².